The van der Waals surface area contributed by atoms with Crippen LogP contribution in [0.1, 0.15) is 36.4 Å². The second kappa shape index (κ2) is 11.7. The number of amides is 3. The minimum Gasteiger partial charge on any atom is -0.357 e. The van der Waals surface area contributed by atoms with Crippen LogP contribution >= 0.6 is 11.6 Å². The summed E-state index contributed by atoms with van der Waals surface area (Å²) in [5.41, 5.74) is 1.72. The fourth-order valence-electron chi connectivity index (χ4n) is 4.05. The van der Waals surface area contributed by atoms with Crippen LogP contribution in [0.15, 0.2) is 72.8 Å². The van der Waals surface area contributed by atoms with E-state index in [0.717, 1.165) is 31.5 Å². The third-order valence-electron chi connectivity index (χ3n) is 5.95. The molecule has 0 aromatic heterocycles. The van der Waals surface area contributed by atoms with E-state index >= 15 is 0 Å². The quantitative estimate of drug-likeness (QED) is 0.251. The summed E-state index contributed by atoms with van der Waals surface area (Å²) in [6.45, 7) is 1.73. The summed E-state index contributed by atoms with van der Waals surface area (Å²) in [7, 11) is 0. The molecule has 0 aliphatic carbocycles. The van der Waals surface area contributed by atoms with Gasteiger partial charge in [0.05, 0.1) is 0 Å². The Labute approximate surface area is 214 Å². The van der Waals surface area contributed by atoms with Gasteiger partial charge < -0.3 is 20.9 Å². The van der Waals surface area contributed by atoms with E-state index in [-0.39, 0.29) is 5.56 Å². The topological polar surface area (TPSA) is 97.3 Å². The van der Waals surface area contributed by atoms with Crippen molar-refractivity contribution in [2.75, 3.05) is 23.7 Å². The molecule has 0 saturated carbocycles. The Morgan fingerprint density at radius 2 is 1.47 bits per heavy atom. The summed E-state index contributed by atoms with van der Waals surface area (Å²) in [5, 5.41) is 16.9. The van der Waals surface area contributed by atoms with E-state index in [0.29, 0.717) is 22.2 Å². The Kier molecular flexibility index (Phi) is 8.17. The molecular weight excluding hydrogens is 481 g/mol. The lowest BCUT2D eigenvalue weighted by Crippen LogP contribution is -2.39. The molecule has 0 spiro atoms. The van der Waals surface area contributed by atoms with Crippen LogP contribution in [0.25, 0.3) is 0 Å². The number of likely N-dealkylation sites (tertiary alicyclic amines) is 1. The number of nitrogens with zero attached hydrogens (tertiary/aromatic N) is 1. The van der Waals surface area contributed by atoms with Gasteiger partial charge in [0.1, 0.15) is 17.7 Å². The average molecular weight is 508 g/mol. The predicted molar refractivity (Wildman–Crippen MR) is 140 cm³/mol. The zero-order valence-electron chi connectivity index (χ0n) is 19.6. The minimum atomic E-state index is -1.29. The highest BCUT2D eigenvalue weighted by molar-refractivity contribution is 6.30. The molecule has 4 N–H and O–H groups in total. The van der Waals surface area contributed by atoms with Crippen molar-refractivity contribution in [1.29, 1.82) is 5.41 Å². The number of urea groups is 1. The molecule has 0 bridgehead atoms. The zero-order chi connectivity index (χ0) is 25.5. The van der Waals surface area contributed by atoms with Crippen LogP contribution in [0.4, 0.5) is 20.6 Å². The van der Waals surface area contributed by atoms with Crippen LogP contribution in [-0.2, 0) is 4.79 Å². The van der Waals surface area contributed by atoms with Gasteiger partial charge in [0.25, 0.3) is 5.91 Å². The van der Waals surface area contributed by atoms with Crippen molar-refractivity contribution in [1.82, 2.24) is 10.2 Å². The number of carbonyl (C=O) groups excluding carboxylic acids is 2. The first kappa shape index (κ1) is 25.2. The molecule has 7 nitrogen and oxygen atoms in total. The first-order valence-electron chi connectivity index (χ1n) is 11.7. The Morgan fingerprint density at radius 3 is 2.14 bits per heavy atom. The maximum absolute atomic E-state index is 14.6. The van der Waals surface area contributed by atoms with E-state index < -0.39 is 23.8 Å². The number of piperidine rings is 1. The summed E-state index contributed by atoms with van der Waals surface area (Å²) in [4.78, 5) is 27.9. The molecule has 186 valence electrons. The van der Waals surface area contributed by atoms with Crippen LogP contribution in [0, 0.1) is 11.2 Å². The number of hydrogen-bond donors (Lipinski definition) is 4. The molecule has 1 unspecified atom stereocenters. The van der Waals surface area contributed by atoms with Gasteiger partial charge in [-0.1, -0.05) is 29.8 Å². The monoisotopic (exact) mass is 507 g/mol. The zero-order valence-corrected chi connectivity index (χ0v) is 20.3. The number of anilines is 2. The summed E-state index contributed by atoms with van der Waals surface area (Å²) < 4.78 is 14.6. The van der Waals surface area contributed by atoms with Gasteiger partial charge in [0.2, 0.25) is 0 Å². The summed E-state index contributed by atoms with van der Waals surface area (Å²) >= 11 is 5.88. The summed E-state index contributed by atoms with van der Waals surface area (Å²) in [6.07, 6.45) is 3.34. The second-order valence-corrected chi connectivity index (χ2v) is 8.96. The van der Waals surface area contributed by atoms with Crippen molar-refractivity contribution in [2.24, 2.45) is 0 Å². The Hall–Kier alpha value is -3.91. The largest absolute Gasteiger partial charge is 0.357 e. The van der Waals surface area contributed by atoms with Gasteiger partial charge in [-0.05, 0) is 73.9 Å². The molecule has 4 rings (SSSR count). The number of rotatable bonds is 6. The van der Waals surface area contributed by atoms with Gasteiger partial charge >= 0.3 is 6.03 Å². The van der Waals surface area contributed by atoms with E-state index in [4.69, 9.17) is 17.0 Å². The van der Waals surface area contributed by atoms with E-state index in [1.807, 2.05) is 0 Å². The normalized spacial score (nSPS) is 14.0. The molecule has 3 aromatic carbocycles. The van der Waals surface area contributed by atoms with Gasteiger partial charge in [-0.3, -0.25) is 10.2 Å². The maximum atomic E-state index is 14.6. The fraction of sp³-hybridized carbons (Fsp3) is 0.222. The lowest BCUT2D eigenvalue weighted by Gasteiger charge is -2.29. The van der Waals surface area contributed by atoms with E-state index in [9.17, 15) is 14.0 Å². The van der Waals surface area contributed by atoms with E-state index in [1.165, 1.54) is 24.6 Å². The first-order chi connectivity index (χ1) is 17.4. The van der Waals surface area contributed by atoms with Crippen LogP contribution < -0.4 is 16.0 Å². The minimum absolute atomic E-state index is 0.0322. The van der Waals surface area contributed by atoms with Crippen molar-refractivity contribution in [2.45, 2.75) is 25.3 Å². The van der Waals surface area contributed by atoms with Gasteiger partial charge in [0.15, 0.2) is 0 Å². The van der Waals surface area contributed by atoms with Crippen LogP contribution in [0.5, 0.6) is 0 Å². The molecule has 1 atom stereocenters. The summed E-state index contributed by atoms with van der Waals surface area (Å²) in [5.74, 6) is -0.766. The van der Waals surface area contributed by atoms with Crippen LogP contribution in [0.3, 0.4) is 0 Å². The predicted octanol–water partition coefficient (Wildman–Crippen LogP) is 5.79. The number of carbonyl (C=O) groups is 2. The van der Waals surface area contributed by atoms with Crippen molar-refractivity contribution in [3.8, 4) is 0 Å². The van der Waals surface area contributed by atoms with Crippen LogP contribution in [0.2, 0.25) is 5.02 Å². The molecule has 36 heavy (non-hydrogen) atoms. The smallest absolute Gasteiger partial charge is 0.320 e. The molecular formula is C27H27ClFN5O2. The van der Waals surface area contributed by atoms with Crippen molar-refractivity contribution in [3.05, 3.63) is 94.8 Å². The molecule has 1 aliphatic rings. The molecule has 1 aliphatic heterocycles. The molecule has 3 amide bonds. The standard InChI is InChI=1S/C27H27ClFN5O2/c28-19-10-14-21(15-11-19)32-27(36)33-24(22-6-2-3-7-23(22)29)26(35)31-20-12-8-18(9-13-20)25(30)34-16-4-1-5-17-34/h2-3,6-15,24,30H,1,4-5,16-17H2,(H,31,35)(H2,32,33,36). The molecule has 1 saturated heterocycles. The highest BCUT2D eigenvalue weighted by Crippen LogP contribution is 2.21. The first-order valence-corrected chi connectivity index (χ1v) is 12.1. The van der Waals surface area contributed by atoms with E-state index in [2.05, 4.69) is 20.9 Å². The number of halogens is 2. The molecule has 3 aromatic rings. The Morgan fingerprint density at radius 1 is 0.861 bits per heavy atom. The second-order valence-electron chi connectivity index (χ2n) is 8.52. The summed E-state index contributed by atoms with van der Waals surface area (Å²) in [6, 6.07) is 17.2. The SMILES string of the molecule is N=C(c1ccc(NC(=O)C(NC(=O)Nc2ccc(Cl)cc2)c2ccccc2F)cc1)N1CCCCC1. The molecule has 9 heteroatoms. The van der Waals surface area contributed by atoms with Crippen LogP contribution in [-0.4, -0.2) is 35.8 Å². The average Bonchev–Trinajstić information content (AvgIpc) is 2.89. The highest BCUT2D eigenvalue weighted by atomic mass is 35.5. The third-order valence-corrected chi connectivity index (χ3v) is 6.21. The van der Waals surface area contributed by atoms with Crippen molar-refractivity contribution >= 4 is 40.7 Å². The Bertz CT molecular complexity index is 1230. The molecule has 1 heterocycles. The number of benzene rings is 3. The number of hydrogen-bond acceptors (Lipinski definition) is 3. The van der Waals surface area contributed by atoms with E-state index in [1.54, 1.807) is 54.6 Å². The number of nitrogens with one attached hydrogen (secondary N) is 4. The lowest BCUT2D eigenvalue weighted by molar-refractivity contribution is -0.118. The molecule has 0 radical (unpaired) electrons. The van der Waals surface area contributed by atoms with Gasteiger partial charge in [-0.2, -0.15) is 0 Å². The lowest BCUT2D eigenvalue weighted by atomic mass is 10.0. The number of amidine groups is 1. The van der Waals surface area contributed by atoms with Crippen molar-refractivity contribution in [3.63, 3.8) is 0 Å². The van der Waals surface area contributed by atoms with Gasteiger partial charge in [0, 0.05) is 40.6 Å². The van der Waals surface area contributed by atoms with Crippen molar-refractivity contribution < 1.29 is 14.0 Å². The maximum Gasteiger partial charge on any atom is 0.320 e. The highest BCUT2D eigenvalue weighted by Gasteiger charge is 2.26. The Balaban J connectivity index is 1.47. The van der Waals surface area contributed by atoms with Gasteiger partial charge in [-0.15, -0.1) is 0 Å². The molecule has 1 fully saturated rings. The van der Waals surface area contributed by atoms with Gasteiger partial charge in [-0.25, -0.2) is 9.18 Å². The fourth-order valence-corrected chi connectivity index (χ4v) is 4.18. The third kappa shape index (κ3) is 6.40.